The number of hydrogen-bond donors (Lipinski definition) is 0. The highest BCUT2D eigenvalue weighted by atomic mass is 32.2. The highest BCUT2D eigenvalue weighted by Crippen LogP contribution is 2.32. The van der Waals surface area contributed by atoms with Crippen molar-refractivity contribution in [1.29, 1.82) is 0 Å². The smallest absolute Gasteiger partial charge is 0.229 e. The number of aromatic nitrogens is 1. The number of anilines is 1. The molecule has 4 nitrogen and oxygen atoms in total. The molecule has 0 aliphatic carbocycles. The monoisotopic (exact) mass is 459 g/mol. The van der Waals surface area contributed by atoms with Crippen LogP contribution in [0.25, 0.3) is 10.2 Å². The van der Waals surface area contributed by atoms with Gasteiger partial charge in [0.25, 0.3) is 0 Å². The molecule has 1 amide bonds. The van der Waals surface area contributed by atoms with Gasteiger partial charge in [-0.15, -0.1) is 11.8 Å². The summed E-state index contributed by atoms with van der Waals surface area (Å²) in [6.45, 7) is 11.8. The number of carbonyl (C=O) groups excluding carboxylic acids is 1. The van der Waals surface area contributed by atoms with Crippen LogP contribution in [0.1, 0.15) is 31.4 Å². The van der Waals surface area contributed by atoms with E-state index in [1.165, 1.54) is 23.3 Å². The number of thiazole rings is 1. The molecule has 0 saturated heterocycles. The van der Waals surface area contributed by atoms with E-state index >= 15 is 0 Å². The summed E-state index contributed by atoms with van der Waals surface area (Å²) in [5.74, 6) is 0.481. The summed E-state index contributed by atoms with van der Waals surface area (Å²) < 4.78 is 14.2. The van der Waals surface area contributed by atoms with E-state index in [4.69, 9.17) is 4.98 Å². The van der Waals surface area contributed by atoms with Crippen molar-refractivity contribution >= 4 is 44.4 Å². The van der Waals surface area contributed by atoms with Crippen molar-refractivity contribution in [3.05, 3.63) is 53.3 Å². The molecule has 3 aromatic rings. The third-order valence-electron chi connectivity index (χ3n) is 5.27. The van der Waals surface area contributed by atoms with Gasteiger partial charge in [0, 0.05) is 30.2 Å². The van der Waals surface area contributed by atoms with E-state index in [1.807, 2.05) is 4.90 Å². The molecule has 31 heavy (non-hydrogen) atoms. The number of amides is 1. The number of hydrogen-bond acceptors (Lipinski definition) is 5. The largest absolute Gasteiger partial charge is 0.302 e. The lowest BCUT2D eigenvalue weighted by molar-refractivity contribution is -0.118. The van der Waals surface area contributed by atoms with Crippen LogP contribution in [0, 0.1) is 19.7 Å². The second-order valence-corrected chi connectivity index (χ2v) is 9.70. The molecular formula is C24H30FN3OS2. The fourth-order valence-electron chi connectivity index (χ4n) is 3.51. The Bertz CT molecular complexity index is 1020. The van der Waals surface area contributed by atoms with Gasteiger partial charge in [0.15, 0.2) is 5.13 Å². The lowest BCUT2D eigenvalue weighted by Gasteiger charge is -2.24. The SMILES string of the molecule is CCN(CC)CCN(C(=O)CCSc1ccc(F)cc1)c1nc2cc(C)cc(C)c2s1. The molecule has 0 aliphatic rings. The molecule has 0 fully saturated rings. The van der Waals surface area contributed by atoms with Gasteiger partial charge in [0.1, 0.15) is 5.82 Å². The molecule has 0 radical (unpaired) electrons. The van der Waals surface area contributed by atoms with E-state index < -0.39 is 0 Å². The first-order valence-electron chi connectivity index (χ1n) is 10.7. The Kier molecular flexibility index (Phi) is 8.46. The number of fused-ring (bicyclic) bond motifs is 1. The third-order valence-corrected chi connectivity index (χ3v) is 7.52. The molecule has 2 aromatic carbocycles. The Hall–Kier alpha value is -1.96. The fraction of sp³-hybridized carbons (Fsp3) is 0.417. The summed E-state index contributed by atoms with van der Waals surface area (Å²) in [4.78, 5) is 23.2. The maximum absolute atomic E-state index is 13.2. The lowest BCUT2D eigenvalue weighted by Crippen LogP contribution is -2.39. The number of nitrogens with zero attached hydrogens (tertiary/aromatic N) is 3. The van der Waals surface area contributed by atoms with Crippen LogP contribution < -0.4 is 4.90 Å². The first kappa shape index (κ1) is 23.7. The standard InChI is InChI=1S/C24H30FN3OS2/c1-5-27(6-2)12-13-28(22(29)11-14-30-20-9-7-19(25)8-10-20)24-26-21-16-17(3)15-18(4)23(21)31-24/h7-10,15-16H,5-6,11-14H2,1-4H3. The van der Waals surface area contributed by atoms with Crippen molar-refractivity contribution in [1.82, 2.24) is 9.88 Å². The molecule has 0 unspecified atom stereocenters. The zero-order valence-electron chi connectivity index (χ0n) is 18.7. The van der Waals surface area contributed by atoms with Gasteiger partial charge < -0.3 is 4.90 Å². The van der Waals surface area contributed by atoms with Gasteiger partial charge in [-0.3, -0.25) is 9.69 Å². The third kappa shape index (κ3) is 6.28. The molecule has 1 heterocycles. The Balaban J connectivity index is 1.76. The number of thioether (sulfide) groups is 1. The average Bonchev–Trinajstić information content (AvgIpc) is 3.16. The predicted octanol–water partition coefficient (Wildman–Crippen LogP) is 5.91. The van der Waals surface area contributed by atoms with Crippen LogP contribution in [-0.4, -0.2) is 47.7 Å². The second-order valence-electron chi connectivity index (χ2n) is 7.55. The first-order valence-corrected chi connectivity index (χ1v) is 12.5. The van der Waals surface area contributed by atoms with Gasteiger partial charge in [0.2, 0.25) is 5.91 Å². The summed E-state index contributed by atoms with van der Waals surface area (Å²) in [6, 6.07) is 10.6. The van der Waals surface area contributed by atoms with Crippen LogP contribution in [0.4, 0.5) is 9.52 Å². The quantitative estimate of drug-likeness (QED) is 0.353. The van der Waals surface area contributed by atoms with Crippen molar-refractivity contribution in [2.24, 2.45) is 0 Å². The summed E-state index contributed by atoms with van der Waals surface area (Å²) in [5.41, 5.74) is 3.33. The molecule has 0 bridgehead atoms. The zero-order valence-corrected chi connectivity index (χ0v) is 20.3. The van der Waals surface area contributed by atoms with Crippen LogP contribution in [0.3, 0.4) is 0 Å². The Morgan fingerprint density at radius 1 is 1.10 bits per heavy atom. The Labute approximate surface area is 192 Å². The average molecular weight is 460 g/mol. The number of benzene rings is 2. The van der Waals surface area contributed by atoms with Gasteiger partial charge in [-0.05, 0) is 68.4 Å². The van der Waals surface area contributed by atoms with E-state index in [0.29, 0.717) is 18.7 Å². The molecule has 0 atom stereocenters. The number of aryl methyl sites for hydroxylation is 2. The topological polar surface area (TPSA) is 36.4 Å². The lowest BCUT2D eigenvalue weighted by atomic mass is 10.1. The van der Waals surface area contributed by atoms with Crippen LogP contribution >= 0.6 is 23.1 Å². The summed E-state index contributed by atoms with van der Waals surface area (Å²) in [5, 5.41) is 0.771. The van der Waals surface area contributed by atoms with Gasteiger partial charge in [-0.2, -0.15) is 0 Å². The molecule has 1 aromatic heterocycles. The van der Waals surface area contributed by atoms with Crippen molar-refractivity contribution in [2.45, 2.75) is 39.0 Å². The number of likely N-dealkylation sites (N-methyl/N-ethyl adjacent to an activating group) is 1. The number of halogens is 1. The van der Waals surface area contributed by atoms with Gasteiger partial charge in [-0.1, -0.05) is 31.3 Å². The molecule has 7 heteroatoms. The van der Waals surface area contributed by atoms with Crippen LogP contribution in [-0.2, 0) is 4.79 Å². The number of carbonyl (C=O) groups is 1. The van der Waals surface area contributed by atoms with Gasteiger partial charge >= 0.3 is 0 Å². The molecule has 166 valence electrons. The molecule has 0 N–H and O–H groups in total. The minimum Gasteiger partial charge on any atom is -0.302 e. The molecular weight excluding hydrogens is 429 g/mol. The summed E-state index contributed by atoms with van der Waals surface area (Å²) >= 11 is 3.17. The van der Waals surface area contributed by atoms with E-state index in [0.717, 1.165) is 39.9 Å². The highest BCUT2D eigenvalue weighted by molar-refractivity contribution is 7.99. The minimum atomic E-state index is -0.246. The summed E-state index contributed by atoms with van der Waals surface area (Å²) in [7, 11) is 0. The fourth-order valence-corrected chi connectivity index (χ4v) is 5.41. The first-order chi connectivity index (χ1) is 14.9. The van der Waals surface area contributed by atoms with Gasteiger partial charge in [-0.25, -0.2) is 9.37 Å². The van der Waals surface area contributed by atoms with Crippen LogP contribution in [0.15, 0.2) is 41.3 Å². The summed E-state index contributed by atoms with van der Waals surface area (Å²) in [6.07, 6.45) is 0.411. The zero-order chi connectivity index (χ0) is 22.4. The van der Waals surface area contributed by atoms with E-state index in [9.17, 15) is 9.18 Å². The Morgan fingerprint density at radius 3 is 2.48 bits per heavy atom. The molecule has 3 rings (SSSR count). The maximum atomic E-state index is 13.2. The van der Waals surface area contributed by atoms with Crippen LogP contribution in [0.2, 0.25) is 0 Å². The molecule has 0 spiro atoms. The van der Waals surface area contributed by atoms with E-state index in [1.54, 1.807) is 35.2 Å². The number of rotatable bonds is 10. The molecule has 0 aliphatic heterocycles. The van der Waals surface area contributed by atoms with Gasteiger partial charge in [0.05, 0.1) is 10.2 Å². The predicted molar refractivity (Wildman–Crippen MR) is 131 cm³/mol. The maximum Gasteiger partial charge on any atom is 0.229 e. The van der Waals surface area contributed by atoms with Crippen molar-refractivity contribution in [2.75, 3.05) is 36.8 Å². The van der Waals surface area contributed by atoms with Crippen molar-refractivity contribution in [3.63, 3.8) is 0 Å². The van der Waals surface area contributed by atoms with Crippen molar-refractivity contribution < 1.29 is 9.18 Å². The minimum absolute atomic E-state index is 0.0789. The highest BCUT2D eigenvalue weighted by Gasteiger charge is 2.21. The normalized spacial score (nSPS) is 11.4. The van der Waals surface area contributed by atoms with E-state index in [-0.39, 0.29) is 11.7 Å². The second kappa shape index (κ2) is 11.1. The van der Waals surface area contributed by atoms with Crippen LogP contribution in [0.5, 0.6) is 0 Å². The van der Waals surface area contributed by atoms with Crippen molar-refractivity contribution in [3.8, 4) is 0 Å². The molecule has 0 saturated carbocycles. The Morgan fingerprint density at radius 2 is 1.81 bits per heavy atom. The van der Waals surface area contributed by atoms with E-state index in [2.05, 4.69) is 44.7 Å².